The lowest BCUT2D eigenvalue weighted by molar-refractivity contribution is -0.160. The summed E-state index contributed by atoms with van der Waals surface area (Å²) in [6.07, 6.45) is 2.15. The fourth-order valence-electron chi connectivity index (χ4n) is 4.64. The first-order valence-electron chi connectivity index (χ1n) is 8.33. The van der Waals surface area contributed by atoms with Crippen molar-refractivity contribution in [1.82, 2.24) is 9.88 Å². The molecule has 5 nitrogen and oxygen atoms in total. The van der Waals surface area contributed by atoms with Crippen LogP contribution in [0.4, 0.5) is 0 Å². The second-order valence-electron chi connectivity index (χ2n) is 6.81. The second-order valence-corrected chi connectivity index (χ2v) is 6.81. The molecule has 0 bridgehead atoms. The van der Waals surface area contributed by atoms with Crippen molar-refractivity contribution in [3.8, 4) is 0 Å². The summed E-state index contributed by atoms with van der Waals surface area (Å²) in [7, 11) is 1.68. The van der Waals surface area contributed by atoms with Gasteiger partial charge in [-0.25, -0.2) is 0 Å². The third-order valence-electron chi connectivity index (χ3n) is 5.68. The number of amides is 1. The molecular formula is C18H20N2O3. The number of ether oxygens (including phenoxy) is 2. The van der Waals surface area contributed by atoms with Gasteiger partial charge in [0.15, 0.2) is 6.29 Å². The molecule has 0 aliphatic carbocycles. The molecule has 0 saturated carbocycles. The van der Waals surface area contributed by atoms with Gasteiger partial charge in [-0.3, -0.25) is 4.79 Å². The van der Waals surface area contributed by atoms with Crippen molar-refractivity contribution in [3.05, 3.63) is 35.5 Å². The zero-order valence-corrected chi connectivity index (χ0v) is 13.1. The summed E-state index contributed by atoms with van der Waals surface area (Å²) >= 11 is 0. The zero-order chi connectivity index (χ0) is 15.6. The van der Waals surface area contributed by atoms with Crippen LogP contribution in [-0.2, 0) is 20.7 Å². The van der Waals surface area contributed by atoms with Crippen LogP contribution in [0.2, 0.25) is 0 Å². The van der Waals surface area contributed by atoms with Crippen LogP contribution in [0.5, 0.6) is 0 Å². The third-order valence-corrected chi connectivity index (χ3v) is 5.68. The average molecular weight is 312 g/mol. The van der Waals surface area contributed by atoms with E-state index in [1.807, 2.05) is 11.0 Å². The first kappa shape index (κ1) is 13.6. The van der Waals surface area contributed by atoms with E-state index in [1.165, 1.54) is 10.9 Å². The number of methoxy groups -OCH3 is 1. The number of H-pyrrole nitrogens is 1. The van der Waals surface area contributed by atoms with Crippen molar-refractivity contribution in [2.45, 2.75) is 37.7 Å². The van der Waals surface area contributed by atoms with Gasteiger partial charge in [0.05, 0.1) is 12.1 Å². The van der Waals surface area contributed by atoms with Crippen molar-refractivity contribution < 1.29 is 14.3 Å². The van der Waals surface area contributed by atoms with Crippen LogP contribution in [0.15, 0.2) is 24.3 Å². The maximum atomic E-state index is 12.6. The largest absolute Gasteiger partial charge is 0.356 e. The summed E-state index contributed by atoms with van der Waals surface area (Å²) in [5.74, 6) is 0.506. The van der Waals surface area contributed by atoms with Gasteiger partial charge in [0.1, 0.15) is 0 Å². The van der Waals surface area contributed by atoms with E-state index in [2.05, 4.69) is 23.2 Å². The quantitative estimate of drug-likeness (QED) is 0.879. The number of hydrogen-bond acceptors (Lipinski definition) is 3. The number of aromatic nitrogens is 1. The van der Waals surface area contributed by atoms with Crippen LogP contribution in [0.25, 0.3) is 10.9 Å². The summed E-state index contributed by atoms with van der Waals surface area (Å²) in [5, 5.41) is 1.28. The van der Waals surface area contributed by atoms with Crippen molar-refractivity contribution in [2.24, 2.45) is 5.92 Å². The molecule has 1 aromatic carbocycles. The van der Waals surface area contributed by atoms with E-state index >= 15 is 0 Å². The Labute approximate surface area is 134 Å². The van der Waals surface area contributed by atoms with Crippen LogP contribution in [-0.4, -0.2) is 41.8 Å². The lowest BCUT2D eigenvalue weighted by Crippen LogP contribution is -2.51. The van der Waals surface area contributed by atoms with E-state index < -0.39 is 0 Å². The van der Waals surface area contributed by atoms with Crippen LogP contribution >= 0.6 is 0 Å². The summed E-state index contributed by atoms with van der Waals surface area (Å²) in [6.45, 7) is 0.780. The molecule has 5 rings (SSSR count). The molecule has 23 heavy (non-hydrogen) atoms. The lowest BCUT2D eigenvalue weighted by atomic mass is 9.82. The summed E-state index contributed by atoms with van der Waals surface area (Å²) in [6, 6.07) is 8.38. The van der Waals surface area contributed by atoms with Crippen molar-refractivity contribution in [1.29, 1.82) is 0 Å². The van der Waals surface area contributed by atoms with E-state index in [1.54, 1.807) is 7.11 Å². The van der Waals surface area contributed by atoms with Gasteiger partial charge >= 0.3 is 0 Å². The number of carbonyl (C=O) groups is 1. The number of aromatic amines is 1. The molecule has 1 N–H and O–H groups in total. The Hall–Kier alpha value is -1.85. The second kappa shape index (κ2) is 4.82. The SMILES string of the molecule is CO[C@@H]1C[C@@H]2CC(=O)N3CCc4c([nH]c5ccccc45)[C@@H]3[C@H]2O1. The number of piperidine rings is 1. The van der Waals surface area contributed by atoms with Crippen LogP contribution < -0.4 is 0 Å². The highest BCUT2D eigenvalue weighted by atomic mass is 16.7. The molecule has 120 valence electrons. The predicted molar refractivity (Wildman–Crippen MR) is 84.9 cm³/mol. The molecule has 2 fully saturated rings. The molecule has 0 spiro atoms. The Bertz CT molecular complexity index is 784. The van der Waals surface area contributed by atoms with Gasteiger partial charge < -0.3 is 19.4 Å². The summed E-state index contributed by atoms with van der Waals surface area (Å²) in [5.41, 5.74) is 3.66. The number of para-hydroxylation sites is 1. The molecule has 0 radical (unpaired) electrons. The molecule has 4 atom stereocenters. The summed E-state index contributed by atoms with van der Waals surface area (Å²) < 4.78 is 11.6. The van der Waals surface area contributed by atoms with Crippen LogP contribution in [0.3, 0.4) is 0 Å². The number of nitrogens with one attached hydrogen (secondary N) is 1. The molecule has 3 aliphatic heterocycles. The number of carbonyl (C=O) groups excluding carboxylic acids is 1. The average Bonchev–Trinajstić information content (AvgIpc) is 3.15. The number of fused-ring (bicyclic) bond motifs is 7. The Morgan fingerprint density at radius 2 is 2.22 bits per heavy atom. The first-order valence-corrected chi connectivity index (χ1v) is 8.33. The highest BCUT2D eigenvalue weighted by Crippen LogP contribution is 2.47. The predicted octanol–water partition coefficient (Wildman–Crippen LogP) is 2.38. The van der Waals surface area contributed by atoms with Crippen LogP contribution in [0, 0.1) is 5.92 Å². The Morgan fingerprint density at radius 1 is 1.35 bits per heavy atom. The Kier molecular flexibility index (Phi) is 2.85. The number of nitrogens with zero attached hydrogens (tertiary/aromatic N) is 1. The van der Waals surface area contributed by atoms with E-state index in [-0.39, 0.29) is 30.3 Å². The van der Waals surface area contributed by atoms with Gasteiger partial charge in [-0.15, -0.1) is 0 Å². The van der Waals surface area contributed by atoms with Gasteiger partial charge in [-0.1, -0.05) is 18.2 Å². The molecule has 2 aromatic rings. The molecular weight excluding hydrogens is 292 g/mol. The van der Waals surface area contributed by atoms with E-state index in [0.717, 1.165) is 30.6 Å². The zero-order valence-electron chi connectivity index (χ0n) is 13.1. The highest BCUT2D eigenvalue weighted by Gasteiger charge is 2.51. The van der Waals surface area contributed by atoms with Gasteiger partial charge in [-0.05, 0) is 18.1 Å². The molecule has 1 aromatic heterocycles. The minimum Gasteiger partial charge on any atom is -0.356 e. The fraction of sp³-hybridized carbons (Fsp3) is 0.500. The minimum atomic E-state index is -0.187. The van der Waals surface area contributed by atoms with E-state index in [9.17, 15) is 4.79 Å². The third kappa shape index (κ3) is 1.83. The summed E-state index contributed by atoms with van der Waals surface area (Å²) in [4.78, 5) is 18.2. The molecule has 3 aliphatic rings. The smallest absolute Gasteiger partial charge is 0.223 e. The number of benzene rings is 1. The number of hydrogen-bond donors (Lipinski definition) is 1. The Balaban J connectivity index is 1.64. The maximum absolute atomic E-state index is 12.6. The van der Waals surface area contributed by atoms with Crippen molar-refractivity contribution in [3.63, 3.8) is 0 Å². The highest BCUT2D eigenvalue weighted by molar-refractivity contribution is 5.86. The normalized spacial score (nSPS) is 32.7. The van der Waals surface area contributed by atoms with Crippen molar-refractivity contribution >= 4 is 16.8 Å². The molecule has 1 amide bonds. The Morgan fingerprint density at radius 3 is 3.09 bits per heavy atom. The minimum absolute atomic E-state index is 0.00227. The molecule has 2 saturated heterocycles. The first-order chi connectivity index (χ1) is 11.3. The molecule has 0 unspecified atom stereocenters. The van der Waals surface area contributed by atoms with Gasteiger partial charge in [0.2, 0.25) is 5.91 Å². The topological polar surface area (TPSA) is 54.6 Å². The molecule has 4 heterocycles. The van der Waals surface area contributed by atoms with E-state index in [4.69, 9.17) is 9.47 Å². The standard InChI is InChI=1S/C18H20N2O3/c1-22-15-9-10-8-14(21)20-7-6-12-11-4-2-3-5-13(11)19-16(12)17(20)18(10)23-15/h2-5,10,15,17-19H,6-9H2,1H3/t10-,15-,17+,18-/m0/s1. The fourth-order valence-corrected chi connectivity index (χ4v) is 4.64. The monoisotopic (exact) mass is 312 g/mol. The van der Waals surface area contributed by atoms with Crippen molar-refractivity contribution in [2.75, 3.05) is 13.7 Å². The van der Waals surface area contributed by atoms with E-state index in [0.29, 0.717) is 6.42 Å². The van der Waals surface area contributed by atoms with Crippen LogP contribution in [0.1, 0.15) is 30.1 Å². The van der Waals surface area contributed by atoms with Gasteiger partial charge in [-0.2, -0.15) is 0 Å². The van der Waals surface area contributed by atoms with Gasteiger partial charge in [0, 0.05) is 49.0 Å². The maximum Gasteiger partial charge on any atom is 0.223 e. The molecule has 5 heteroatoms. The van der Waals surface area contributed by atoms with Gasteiger partial charge in [0.25, 0.3) is 0 Å². The number of rotatable bonds is 1. The lowest BCUT2D eigenvalue weighted by Gasteiger charge is -2.44.